The zero-order valence-corrected chi connectivity index (χ0v) is 15.1. The number of nitrogens with one attached hydrogen (secondary N) is 1. The van der Waals surface area contributed by atoms with E-state index in [9.17, 15) is 9.18 Å². The monoisotopic (exact) mass is 350 g/mol. The SMILES string of the molecule is COc1cc(F)ccc1CN1C[C@H]2C[C@@H](NC(C)=O)[C@H](OC)C[C@H]2C1. The molecule has 1 N–H and O–H groups in total. The number of likely N-dealkylation sites (tertiary alicyclic amines) is 1. The molecule has 0 spiro atoms. The van der Waals surface area contributed by atoms with Gasteiger partial charge in [-0.05, 0) is 30.7 Å². The number of nitrogens with zero attached hydrogens (tertiary/aromatic N) is 1. The number of carbonyl (C=O) groups excluding carboxylic acids is 1. The number of halogens is 1. The van der Waals surface area contributed by atoms with Gasteiger partial charge in [-0.2, -0.15) is 0 Å². The molecule has 138 valence electrons. The standard InChI is InChI=1S/C19H27FN2O3/c1-12(23)21-17-6-14-10-22(11-15(14)7-19(17)25-3)9-13-4-5-16(20)8-18(13)24-2/h4-5,8,14-15,17,19H,6-7,9-11H2,1-3H3,(H,21,23)/t14-,15+,17-,19-/m1/s1. The van der Waals surface area contributed by atoms with E-state index in [1.807, 2.05) is 0 Å². The number of rotatable bonds is 5. The largest absolute Gasteiger partial charge is 0.496 e. The predicted molar refractivity (Wildman–Crippen MR) is 92.8 cm³/mol. The lowest BCUT2D eigenvalue weighted by Crippen LogP contribution is -2.49. The first-order valence-electron chi connectivity index (χ1n) is 8.84. The van der Waals surface area contributed by atoms with Crippen molar-refractivity contribution in [3.8, 4) is 5.75 Å². The Morgan fingerprint density at radius 3 is 2.64 bits per heavy atom. The topological polar surface area (TPSA) is 50.8 Å². The minimum absolute atomic E-state index is 0.00333. The molecule has 1 amide bonds. The predicted octanol–water partition coefficient (Wildman–Crippen LogP) is 2.20. The molecule has 1 heterocycles. The fourth-order valence-corrected chi connectivity index (χ4v) is 4.40. The molecule has 1 saturated heterocycles. The molecular formula is C19H27FN2O3. The van der Waals surface area contributed by atoms with E-state index in [2.05, 4.69) is 10.2 Å². The summed E-state index contributed by atoms with van der Waals surface area (Å²) in [5.74, 6) is 1.44. The highest BCUT2D eigenvalue weighted by molar-refractivity contribution is 5.73. The van der Waals surface area contributed by atoms with Gasteiger partial charge in [0.1, 0.15) is 11.6 Å². The van der Waals surface area contributed by atoms with Crippen LogP contribution in [0.5, 0.6) is 5.75 Å². The Kier molecular flexibility index (Phi) is 5.59. The van der Waals surface area contributed by atoms with Gasteiger partial charge in [0.25, 0.3) is 0 Å². The molecule has 2 aliphatic rings. The van der Waals surface area contributed by atoms with Crippen molar-refractivity contribution in [2.75, 3.05) is 27.3 Å². The van der Waals surface area contributed by atoms with Gasteiger partial charge in [-0.25, -0.2) is 4.39 Å². The molecule has 1 saturated carbocycles. The minimum Gasteiger partial charge on any atom is -0.496 e. The van der Waals surface area contributed by atoms with Crippen LogP contribution in [0.3, 0.4) is 0 Å². The number of methoxy groups -OCH3 is 2. The molecule has 1 aliphatic heterocycles. The summed E-state index contributed by atoms with van der Waals surface area (Å²) in [4.78, 5) is 13.8. The molecule has 3 rings (SSSR count). The summed E-state index contributed by atoms with van der Waals surface area (Å²) >= 11 is 0. The summed E-state index contributed by atoms with van der Waals surface area (Å²) in [5.41, 5.74) is 1.00. The molecule has 1 aromatic carbocycles. The van der Waals surface area contributed by atoms with Crippen molar-refractivity contribution in [1.82, 2.24) is 10.2 Å². The van der Waals surface area contributed by atoms with Crippen LogP contribution < -0.4 is 10.1 Å². The van der Waals surface area contributed by atoms with Gasteiger partial charge in [0.15, 0.2) is 0 Å². The van der Waals surface area contributed by atoms with Crippen LogP contribution >= 0.6 is 0 Å². The van der Waals surface area contributed by atoms with Crippen molar-refractivity contribution >= 4 is 5.91 Å². The Labute approximate surface area is 148 Å². The highest BCUT2D eigenvalue weighted by atomic mass is 19.1. The highest BCUT2D eigenvalue weighted by Gasteiger charge is 2.42. The third kappa shape index (κ3) is 4.12. The zero-order valence-electron chi connectivity index (χ0n) is 15.1. The van der Waals surface area contributed by atoms with Crippen LogP contribution in [-0.2, 0) is 16.1 Å². The second-order valence-corrected chi connectivity index (χ2v) is 7.22. The van der Waals surface area contributed by atoms with E-state index in [0.717, 1.165) is 38.0 Å². The molecule has 0 bridgehead atoms. The lowest BCUT2D eigenvalue weighted by Gasteiger charge is -2.37. The van der Waals surface area contributed by atoms with Crippen molar-refractivity contribution in [3.05, 3.63) is 29.6 Å². The Bertz CT molecular complexity index is 625. The van der Waals surface area contributed by atoms with E-state index in [0.29, 0.717) is 17.6 Å². The van der Waals surface area contributed by atoms with Crippen LogP contribution in [-0.4, -0.2) is 50.3 Å². The van der Waals surface area contributed by atoms with Gasteiger partial charge in [-0.15, -0.1) is 0 Å². The summed E-state index contributed by atoms with van der Waals surface area (Å²) in [6.07, 6.45) is 1.98. The van der Waals surface area contributed by atoms with E-state index in [1.54, 1.807) is 27.2 Å². The Morgan fingerprint density at radius 1 is 1.28 bits per heavy atom. The van der Waals surface area contributed by atoms with Crippen LogP contribution in [0, 0.1) is 17.7 Å². The Morgan fingerprint density at radius 2 is 2.00 bits per heavy atom. The van der Waals surface area contributed by atoms with Crippen molar-refractivity contribution in [2.24, 2.45) is 11.8 Å². The van der Waals surface area contributed by atoms with Gasteiger partial charge in [-0.1, -0.05) is 6.07 Å². The average molecular weight is 350 g/mol. The van der Waals surface area contributed by atoms with Crippen LogP contribution in [0.15, 0.2) is 18.2 Å². The lowest BCUT2D eigenvalue weighted by atomic mass is 9.77. The van der Waals surface area contributed by atoms with Crippen molar-refractivity contribution in [3.63, 3.8) is 0 Å². The highest BCUT2D eigenvalue weighted by Crippen LogP contribution is 2.38. The van der Waals surface area contributed by atoms with E-state index in [-0.39, 0.29) is 23.9 Å². The first kappa shape index (κ1) is 18.1. The van der Waals surface area contributed by atoms with Crippen molar-refractivity contribution in [2.45, 2.75) is 38.5 Å². The smallest absolute Gasteiger partial charge is 0.217 e. The lowest BCUT2D eigenvalue weighted by molar-refractivity contribution is -0.121. The number of amides is 1. The van der Waals surface area contributed by atoms with E-state index < -0.39 is 0 Å². The number of fused-ring (bicyclic) bond motifs is 1. The molecule has 5 nitrogen and oxygen atoms in total. The molecule has 25 heavy (non-hydrogen) atoms. The molecule has 0 unspecified atom stereocenters. The molecular weight excluding hydrogens is 323 g/mol. The number of hydrogen-bond acceptors (Lipinski definition) is 4. The van der Waals surface area contributed by atoms with Crippen molar-refractivity contribution < 1.29 is 18.7 Å². The van der Waals surface area contributed by atoms with E-state index in [1.165, 1.54) is 12.1 Å². The maximum absolute atomic E-state index is 13.4. The summed E-state index contributed by atoms with van der Waals surface area (Å²) in [6, 6.07) is 4.80. The van der Waals surface area contributed by atoms with Gasteiger partial charge < -0.3 is 14.8 Å². The third-order valence-corrected chi connectivity index (χ3v) is 5.53. The molecule has 1 aliphatic carbocycles. The molecule has 4 atom stereocenters. The van der Waals surface area contributed by atoms with Gasteiger partial charge in [0.05, 0.1) is 19.3 Å². The van der Waals surface area contributed by atoms with Gasteiger partial charge in [-0.3, -0.25) is 9.69 Å². The van der Waals surface area contributed by atoms with Crippen LogP contribution in [0.1, 0.15) is 25.3 Å². The molecule has 0 radical (unpaired) electrons. The number of hydrogen-bond donors (Lipinski definition) is 1. The normalized spacial score (nSPS) is 29.3. The minimum atomic E-state index is -0.281. The molecule has 6 heteroatoms. The van der Waals surface area contributed by atoms with E-state index in [4.69, 9.17) is 9.47 Å². The van der Waals surface area contributed by atoms with Gasteiger partial charge in [0, 0.05) is 45.3 Å². The van der Waals surface area contributed by atoms with Crippen molar-refractivity contribution in [1.29, 1.82) is 0 Å². The van der Waals surface area contributed by atoms with E-state index >= 15 is 0 Å². The quantitative estimate of drug-likeness (QED) is 0.885. The Hall–Kier alpha value is -1.66. The number of ether oxygens (including phenoxy) is 2. The average Bonchev–Trinajstić information content (AvgIpc) is 2.96. The zero-order chi connectivity index (χ0) is 18.0. The fourth-order valence-electron chi connectivity index (χ4n) is 4.40. The summed E-state index contributed by atoms with van der Waals surface area (Å²) in [6.45, 7) is 4.29. The van der Waals surface area contributed by atoms with Gasteiger partial charge >= 0.3 is 0 Å². The molecule has 2 fully saturated rings. The first-order chi connectivity index (χ1) is 12.0. The first-order valence-corrected chi connectivity index (χ1v) is 8.84. The second-order valence-electron chi connectivity index (χ2n) is 7.22. The number of carbonyl (C=O) groups is 1. The number of benzene rings is 1. The maximum atomic E-state index is 13.4. The summed E-state index contributed by atoms with van der Waals surface area (Å²) in [7, 11) is 3.29. The summed E-state index contributed by atoms with van der Waals surface area (Å²) < 4.78 is 24.3. The maximum Gasteiger partial charge on any atom is 0.217 e. The summed E-state index contributed by atoms with van der Waals surface area (Å²) in [5, 5.41) is 3.04. The Balaban J connectivity index is 1.66. The fraction of sp³-hybridized carbons (Fsp3) is 0.632. The van der Waals surface area contributed by atoms with Gasteiger partial charge in [0.2, 0.25) is 5.91 Å². The van der Waals surface area contributed by atoms with Crippen LogP contribution in [0.4, 0.5) is 4.39 Å². The molecule has 1 aromatic rings. The third-order valence-electron chi connectivity index (χ3n) is 5.53. The molecule has 0 aromatic heterocycles. The van der Waals surface area contributed by atoms with Crippen LogP contribution in [0.25, 0.3) is 0 Å². The van der Waals surface area contributed by atoms with Crippen LogP contribution in [0.2, 0.25) is 0 Å². The second kappa shape index (κ2) is 7.70.